The van der Waals surface area contributed by atoms with E-state index in [-0.39, 0.29) is 24.0 Å². The van der Waals surface area contributed by atoms with E-state index in [1.807, 2.05) is 0 Å². The first-order valence-electron chi connectivity index (χ1n) is 4.69. The Balaban J connectivity index is 2.09. The zero-order valence-electron chi connectivity index (χ0n) is 7.88. The van der Waals surface area contributed by atoms with E-state index in [2.05, 4.69) is 5.32 Å². The van der Waals surface area contributed by atoms with Gasteiger partial charge in [-0.3, -0.25) is 0 Å². The lowest BCUT2D eigenvalue weighted by atomic mass is 10.1. The summed E-state index contributed by atoms with van der Waals surface area (Å²) < 4.78 is 45.5. The monoisotopic (exact) mass is 227 g/mol. The summed E-state index contributed by atoms with van der Waals surface area (Å²) in [7, 11) is -2.82. The highest BCUT2D eigenvalue weighted by molar-refractivity contribution is 7.91. The van der Waals surface area contributed by atoms with Crippen LogP contribution in [0.3, 0.4) is 0 Å². The fraction of sp³-hybridized carbons (Fsp3) is 1.00. The zero-order valence-corrected chi connectivity index (χ0v) is 8.69. The minimum atomic E-state index is -2.82. The molecule has 1 unspecified atom stereocenters. The Morgan fingerprint density at radius 1 is 1.43 bits per heavy atom. The largest absolute Gasteiger partial charge is 0.311 e. The lowest BCUT2D eigenvalue weighted by molar-refractivity contribution is 0.145. The van der Waals surface area contributed by atoms with Crippen molar-refractivity contribution in [3.63, 3.8) is 0 Å². The average Bonchev–Trinajstić information content (AvgIpc) is 2.39. The number of sulfone groups is 1. The topological polar surface area (TPSA) is 46.2 Å². The van der Waals surface area contributed by atoms with Gasteiger partial charge in [0.1, 0.15) is 0 Å². The van der Waals surface area contributed by atoms with Crippen LogP contribution in [-0.4, -0.2) is 39.4 Å². The van der Waals surface area contributed by atoms with Crippen molar-refractivity contribution in [3.8, 4) is 0 Å². The molecule has 6 heteroatoms. The molecular weight excluding hydrogens is 212 g/mol. The lowest BCUT2D eigenvalue weighted by Gasteiger charge is -2.07. The van der Waals surface area contributed by atoms with Crippen LogP contribution in [0, 0.1) is 5.92 Å². The number of rotatable bonds is 5. The molecule has 0 radical (unpaired) electrons. The summed E-state index contributed by atoms with van der Waals surface area (Å²) in [4.78, 5) is 0. The molecule has 1 aliphatic heterocycles. The fourth-order valence-electron chi connectivity index (χ4n) is 1.62. The number of hydrogen-bond donors (Lipinski definition) is 1. The Bertz CT molecular complexity index is 267. The number of hydrogen-bond acceptors (Lipinski definition) is 3. The second-order valence-corrected chi connectivity index (χ2v) is 5.88. The van der Waals surface area contributed by atoms with Gasteiger partial charge in [-0.05, 0) is 25.3 Å². The van der Waals surface area contributed by atoms with Crippen LogP contribution in [0.25, 0.3) is 0 Å². The van der Waals surface area contributed by atoms with Crippen LogP contribution in [0.2, 0.25) is 0 Å². The molecule has 0 aliphatic carbocycles. The standard InChI is InChI=1S/C8H15F2NO2S/c9-8(10)5-11-3-1-7-2-4-14(12,13)6-7/h7-8,11H,1-6H2. The minimum Gasteiger partial charge on any atom is -0.311 e. The van der Waals surface area contributed by atoms with Crippen LogP contribution in [0.1, 0.15) is 12.8 Å². The van der Waals surface area contributed by atoms with E-state index < -0.39 is 16.3 Å². The maximum Gasteiger partial charge on any atom is 0.250 e. The average molecular weight is 227 g/mol. The van der Waals surface area contributed by atoms with Gasteiger partial charge in [-0.2, -0.15) is 0 Å². The summed E-state index contributed by atoms with van der Waals surface area (Å²) in [6, 6.07) is 0. The molecule has 1 aliphatic rings. The fourth-order valence-corrected chi connectivity index (χ4v) is 3.53. The Kier molecular flexibility index (Phi) is 4.25. The summed E-state index contributed by atoms with van der Waals surface area (Å²) in [5.74, 6) is 0.640. The van der Waals surface area contributed by atoms with E-state index in [1.165, 1.54) is 0 Å². The molecule has 0 aromatic heterocycles. The third kappa shape index (κ3) is 4.32. The summed E-state index contributed by atoms with van der Waals surface area (Å²) >= 11 is 0. The van der Waals surface area contributed by atoms with E-state index in [0.717, 1.165) is 0 Å². The molecule has 14 heavy (non-hydrogen) atoms. The molecule has 1 N–H and O–H groups in total. The van der Waals surface area contributed by atoms with Gasteiger partial charge in [0.2, 0.25) is 0 Å². The third-order valence-electron chi connectivity index (χ3n) is 2.35. The first-order valence-corrected chi connectivity index (χ1v) is 6.51. The Morgan fingerprint density at radius 2 is 2.14 bits per heavy atom. The number of halogens is 2. The van der Waals surface area contributed by atoms with Crippen molar-refractivity contribution in [2.24, 2.45) is 5.92 Å². The SMILES string of the molecule is O=S1(=O)CCC(CCNCC(F)F)C1. The van der Waals surface area contributed by atoms with Gasteiger partial charge in [-0.25, -0.2) is 17.2 Å². The van der Waals surface area contributed by atoms with Crippen molar-refractivity contribution in [2.45, 2.75) is 19.3 Å². The minimum absolute atomic E-state index is 0.158. The first-order chi connectivity index (χ1) is 6.49. The highest BCUT2D eigenvalue weighted by Crippen LogP contribution is 2.20. The first kappa shape index (κ1) is 11.8. The second kappa shape index (κ2) is 5.02. The maximum atomic E-state index is 11.7. The summed E-state index contributed by atoms with van der Waals surface area (Å²) in [5, 5.41) is 2.59. The zero-order chi connectivity index (χ0) is 10.6. The molecule has 84 valence electrons. The summed E-state index contributed by atoms with van der Waals surface area (Å²) in [6.07, 6.45) is -0.979. The molecule has 1 atom stereocenters. The van der Waals surface area contributed by atoms with Crippen molar-refractivity contribution in [3.05, 3.63) is 0 Å². The van der Waals surface area contributed by atoms with E-state index in [9.17, 15) is 17.2 Å². The van der Waals surface area contributed by atoms with Gasteiger partial charge in [0, 0.05) is 0 Å². The molecule has 0 saturated carbocycles. The van der Waals surface area contributed by atoms with Gasteiger partial charge in [-0.1, -0.05) is 0 Å². The van der Waals surface area contributed by atoms with Crippen LogP contribution in [-0.2, 0) is 9.84 Å². The van der Waals surface area contributed by atoms with E-state index in [1.54, 1.807) is 0 Å². The Hall–Kier alpha value is -0.230. The molecule has 0 amide bonds. The van der Waals surface area contributed by atoms with Crippen molar-refractivity contribution in [1.82, 2.24) is 5.32 Å². The Morgan fingerprint density at radius 3 is 2.64 bits per heavy atom. The molecule has 3 nitrogen and oxygen atoms in total. The number of nitrogens with one attached hydrogen (secondary N) is 1. The molecule has 0 aromatic carbocycles. The normalized spacial score (nSPS) is 25.8. The van der Waals surface area contributed by atoms with Gasteiger partial charge in [-0.15, -0.1) is 0 Å². The molecule has 0 spiro atoms. The van der Waals surface area contributed by atoms with Crippen LogP contribution in [0.4, 0.5) is 8.78 Å². The summed E-state index contributed by atoms with van der Waals surface area (Å²) in [6.45, 7) is 0.171. The quantitative estimate of drug-likeness (QED) is 0.702. The molecule has 1 rings (SSSR count). The van der Waals surface area contributed by atoms with Crippen LogP contribution in [0.15, 0.2) is 0 Å². The maximum absolute atomic E-state index is 11.7. The second-order valence-electron chi connectivity index (χ2n) is 3.65. The van der Waals surface area contributed by atoms with E-state index in [0.29, 0.717) is 19.4 Å². The van der Waals surface area contributed by atoms with E-state index >= 15 is 0 Å². The predicted molar refractivity (Wildman–Crippen MR) is 50.3 cm³/mol. The number of alkyl halides is 2. The van der Waals surface area contributed by atoms with Gasteiger partial charge in [0.25, 0.3) is 6.43 Å². The van der Waals surface area contributed by atoms with Crippen LogP contribution in [0.5, 0.6) is 0 Å². The molecule has 0 bridgehead atoms. The molecule has 1 fully saturated rings. The smallest absolute Gasteiger partial charge is 0.250 e. The third-order valence-corrected chi connectivity index (χ3v) is 4.19. The van der Waals surface area contributed by atoms with Crippen LogP contribution < -0.4 is 5.32 Å². The van der Waals surface area contributed by atoms with Crippen molar-refractivity contribution >= 4 is 9.84 Å². The van der Waals surface area contributed by atoms with Crippen molar-refractivity contribution < 1.29 is 17.2 Å². The van der Waals surface area contributed by atoms with Gasteiger partial charge in [0.15, 0.2) is 9.84 Å². The van der Waals surface area contributed by atoms with Crippen molar-refractivity contribution in [1.29, 1.82) is 0 Å². The molecular formula is C8H15F2NO2S. The van der Waals surface area contributed by atoms with E-state index in [4.69, 9.17) is 0 Å². The predicted octanol–water partition coefficient (Wildman–Crippen LogP) is 0.666. The molecule has 1 saturated heterocycles. The molecule has 1 heterocycles. The van der Waals surface area contributed by atoms with Gasteiger partial charge >= 0.3 is 0 Å². The van der Waals surface area contributed by atoms with Crippen LogP contribution >= 0.6 is 0 Å². The van der Waals surface area contributed by atoms with Crippen molar-refractivity contribution in [2.75, 3.05) is 24.6 Å². The van der Waals surface area contributed by atoms with Gasteiger partial charge in [0.05, 0.1) is 18.1 Å². The molecule has 0 aromatic rings. The van der Waals surface area contributed by atoms with Gasteiger partial charge < -0.3 is 5.32 Å². The Labute approximate surface area is 82.8 Å². The summed E-state index contributed by atoms with van der Waals surface area (Å²) in [5.41, 5.74) is 0. The highest BCUT2D eigenvalue weighted by Gasteiger charge is 2.27. The highest BCUT2D eigenvalue weighted by atomic mass is 32.2. The lowest BCUT2D eigenvalue weighted by Crippen LogP contribution is -2.24.